The molecule has 4 rings (SSSR count). The molecule has 24 heavy (non-hydrogen) atoms. The lowest BCUT2D eigenvalue weighted by molar-refractivity contribution is 0.416. The van der Waals surface area contributed by atoms with Crippen LogP contribution in [0.25, 0.3) is 32.7 Å². The molecule has 0 saturated heterocycles. The van der Waals surface area contributed by atoms with E-state index in [4.69, 9.17) is 4.74 Å². The Hall–Kier alpha value is -3.31. The number of benzene rings is 4. The Bertz CT molecular complexity index is 1050. The van der Waals surface area contributed by atoms with Crippen LogP contribution in [-0.4, -0.2) is 7.11 Å². The Morgan fingerprint density at radius 3 is 1.75 bits per heavy atom. The fourth-order valence-corrected chi connectivity index (χ4v) is 3.39. The van der Waals surface area contributed by atoms with Crippen LogP contribution in [0, 0.1) is 11.3 Å². The molecule has 114 valence electrons. The van der Waals surface area contributed by atoms with E-state index in [9.17, 15) is 5.26 Å². The summed E-state index contributed by atoms with van der Waals surface area (Å²) in [7, 11) is 1.69. The van der Waals surface area contributed by atoms with Crippen molar-refractivity contribution in [2.75, 3.05) is 7.11 Å². The SMILES string of the molecule is COc1ccccc1-c1c2ccccc2c(C#N)c2ccccc12. The van der Waals surface area contributed by atoms with E-state index in [0.717, 1.165) is 44.0 Å². The Balaban J connectivity index is 2.28. The van der Waals surface area contributed by atoms with E-state index in [-0.39, 0.29) is 0 Å². The number of rotatable bonds is 2. The van der Waals surface area contributed by atoms with Gasteiger partial charge in [-0.3, -0.25) is 0 Å². The molecule has 0 spiro atoms. The maximum atomic E-state index is 9.72. The number of nitriles is 1. The van der Waals surface area contributed by atoms with Crippen molar-refractivity contribution in [3.63, 3.8) is 0 Å². The second-order valence-electron chi connectivity index (χ2n) is 5.65. The molecule has 0 aliphatic heterocycles. The predicted molar refractivity (Wildman–Crippen MR) is 98.2 cm³/mol. The monoisotopic (exact) mass is 309 g/mol. The first-order chi connectivity index (χ1) is 11.8. The summed E-state index contributed by atoms with van der Waals surface area (Å²) < 4.78 is 5.59. The molecule has 0 aliphatic carbocycles. The third-order valence-corrected chi connectivity index (χ3v) is 4.42. The number of nitrogens with zero attached hydrogens (tertiary/aromatic N) is 1. The van der Waals surface area contributed by atoms with Crippen LogP contribution in [0.3, 0.4) is 0 Å². The summed E-state index contributed by atoms with van der Waals surface area (Å²) >= 11 is 0. The van der Waals surface area contributed by atoms with E-state index in [1.54, 1.807) is 7.11 Å². The second kappa shape index (κ2) is 5.72. The number of para-hydroxylation sites is 1. The zero-order valence-corrected chi connectivity index (χ0v) is 13.3. The van der Waals surface area contributed by atoms with E-state index in [0.29, 0.717) is 0 Å². The Morgan fingerprint density at radius 2 is 1.21 bits per heavy atom. The van der Waals surface area contributed by atoms with Crippen molar-refractivity contribution in [1.29, 1.82) is 5.26 Å². The molecule has 0 fully saturated rings. The first-order valence-electron chi connectivity index (χ1n) is 7.82. The minimum atomic E-state index is 0.722. The first kappa shape index (κ1) is 14.3. The molecule has 0 radical (unpaired) electrons. The number of fused-ring (bicyclic) bond motifs is 2. The van der Waals surface area contributed by atoms with E-state index in [2.05, 4.69) is 24.3 Å². The van der Waals surface area contributed by atoms with Crippen molar-refractivity contribution >= 4 is 21.5 Å². The summed E-state index contributed by atoms with van der Waals surface area (Å²) in [4.78, 5) is 0. The summed E-state index contributed by atoms with van der Waals surface area (Å²) in [6, 6.07) is 26.6. The highest BCUT2D eigenvalue weighted by Crippen LogP contribution is 2.42. The topological polar surface area (TPSA) is 33.0 Å². The normalized spacial score (nSPS) is 10.7. The van der Waals surface area contributed by atoms with Crippen LogP contribution >= 0.6 is 0 Å². The predicted octanol–water partition coefficient (Wildman–Crippen LogP) is 5.54. The molecule has 0 heterocycles. The smallest absolute Gasteiger partial charge is 0.126 e. The van der Waals surface area contributed by atoms with E-state index in [1.165, 1.54) is 0 Å². The average molecular weight is 309 g/mol. The maximum Gasteiger partial charge on any atom is 0.126 e. The molecule has 0 bridgehead atoms. The molecule has 0 N–H and O–H groups in total. The summed E-state index contributed by atoms with van der Waals surface area (Å²) in [5.74, 6) is 0.831. The maximum absolute atomic E-state index is 9.72. The van der Waals surface area contributed by atoms with Gasteiger partial charge in [0.2, 0.25) is 0 Å². The van der Waals surface area contributed by atoms with Gasteiger partial charge in [0.15, 0.2) is 0 Å². The molecule has 0 amide bonds. The van der Waals surface area contributed by atoms with Gasteiger partial charge in [-0.2, -0.15) is 5.26 Å². The highest BCUT2D eigenvalue weighted by molar-refractivity contribution is 6.16. The van der Waals surface area contributed by atoms with E-state index >= 15 is 0 Å². The number of ether oxygens (including phenoxy) is 1. The van der Waals surface area contributed by atoms with Crippen LogP contribution in [0.1, 0.15) is 5.56 Å². The molecule has 0 aromatic heterocycles. The first-order valence-corrected chi connectivity index (χ1v) is 7.82. The molecular formula is C22H15NO. The van der Waals surface area contributed by atoms with Crippen molar-refractivity contribution in [2.24, 2.45) is 0 Å². The summed E-state index contributed by atoms with van der Waals surface area (Å²) in [6.07, 6.45) is 0. The van der Waals surface area contributed by atoms with Gasteiger partial charge in [0.05, 0.1) is 12.7 Å². The molecular weight excluding hydrogens is 294 g/mol. The van der Waals surface area contributed by atoms with Gasteiger partial charge in [0.1, 0.15) is 11.8 Å². The van der Waals surface area contributed by atoms with Gasteiger partial charge < -0.3 is 4.74 Å². The summed E-state index contributed by atoms with van der Waals surface area (Å²) in [5.41, 5.74) is 2.87. The lowest BCUT2D eigenvalue weighted by atomic mass is 9.88. The van der Waals surface area contributed by atoms with Gasteiger partial charge in [-0.25, -0.2) is 0 Å². The van der Waals surface area contributed by atoms with Crippen molar-refractivity contribution in [3.8, 4) is 22.9 Å². The number of hydrogen-bond acceptors (Lipinski definition) is 2. The summed E-state index contributed by atoms with van der Waals surface area (Å²) in [5, 5.41) is 13.8. The van der Waals surface area contributed by atoms with Crippen molar-refractivity contribution in [2.45, 2.75) is 0 Å². The second-order valence-corrected chi connectivity index (χ2v) is 5.65. The Morgan fingerprint density at radius 1 is 0.708 bits per heavy atom. The molecule has 0 aliphatic rings. The number of hydrogen-bond donors (Lipinski definition) is 0. The molecule has 4 aromatic rings. The highest BCUT2D eigenvalue weighted by Gasteiger charge is 2.16. The molecule has 4 aromatic carbocycles. The fourth-order valence-electron chi connectivity index (χ4n) is 3.39. The minimum Gasteiger partial charge on any atom is -0.496 e. The highest BCUT2D eigenvalue weighted by atomic mass is 16.5. The van der Waals surface area contributed by atoms with Gasteiger partial charge in [0, 0.05) is 21.9 Å². The lowest BCUT2D eigenvalue weighted by Gasteiger charge is -2.16. The third-order valence-electron chi connectivity index (χ3n) is 4.42. The van der Waals surface area contributed by atoms with Crippen molar-refractivity contribution in [3.05, 3.63) is 78.4 Å². The fraction of sp³-hybridized carbons (Fsp3) is 0.0455. The standard InChI is InChI=1S/C22H15NO/c1-24-21-13-7-6-12-19(21)22-17-10-4-2-8-15(17)20(14-23)16-9-3-5-11-18(16)22/h2-13H,1H3. The van der Waals surface area contributed by atoms with Crippen molar-refractivity contribution < 1.29 is 4.74 Å². The van der Waals surface area contributed by atoms with Gasteiger partial charge in [-0.05, 0) is 16.8 Å². The zero-order chi connectivity index (χ0) is 16.5. The van der Waals surface area contributed by atoms with E-state index < -0.39 is 0 Å². The largest absolute Gasteiger partial charge is 0.496 e. The molecule has 0 unspecified atom stereocenters. The van der Waals surface area contributed by atoms with Crippen LogP contribution in [0.15, 0.2) is 72.8 Å². The lowest BCUT2D eigenvalue weighted by Crippen LogP contribution is -1.92. The molecule has 2 heteroatoms. The molecule has 0 saturated carbocycles. The zero-order valence-electron chi connectivity index (χ0n) is 13.3. The average Bonchev–Trinajstić information content (AvgIpc) is 2.66. The third kappa shape index (κ3) is 2.03. The van der Waals surface area contributed by atoms with Crippen LogP contribution in [0.5, 0.6) is 5.75 Å². The molecule has 0 atom stereocenters. The van der Waals surface area contributed by atoms with Crippen LogP contribution in [0.2, 0.25) is 0 Å². The Labute approximate surface area is 140 Å². The van der Waals surface area contributed by atoms with E-state index in [1.807, 2.05) is 54.6 Å². The van der Waals surface area contributed by atoms with Gasteiger partial charge in [-0.15, -0.1) is 0 Å². The van der Waals surface area contributed by atoms with Crippen molar-refractivity contribution in [1.82, 2.24) is 0 Å². The van der Waals surface area contributed by atoms with Crippen LogP contribution in [-0.2, 0) is 0 Å². The van der Waals surface area contributed by atoms with Crippen LogP contribution < -0.4 is 4.74 Å². The van der Waals surface area contributed by atoms with Gasteiger partial charge in [-0.1, -0.05) is 66.7 Å². The van der Waals surface area contributed by atoms with Gasteiger partial charge >= 0.3 is 0 Å². The molecule has 2 nitrogen and oxygen atoms in total. The van der Waals surface area contributed by atoms with Crippen LogP contribution in [0.4, 0.5) is 0 Å². The summed E-state index contributed by atoms with van der Waals surface area (Å²) in [6.45, 7) is 0. The van der Waals surface area contributed by atoms with Gasteiger partial charge in [0.25, 0.3) is 0 Å². The quantitative estimate of drug-likeness (QED) is 0.455. The number of methoxy groups -OCH3 is 1. The minimum absolute atomic E-state index is 0.722. The Kier molecular flexibility index (Phi) is 3.40.